The van der Waals surface area contributed by atoms with E-state index in [1.807, 2.05) is 0 Å². The first-order chi connectivity index (χ1) is 15.1. The number of ether oxygens (including phenoxy) is 1. The molecule has 0 amide bonds. The van der Waals surface area contributed by atoms with Gasteiger partial charge in [-0.1, -0.05) is 38.5 Å². The Morgan fingerprint density at radius 1 is 0.765 bits per heavy atom. The summed E-state index contributed by atoms with van der Waals surface area (Å²) in [5.41, 5.74) is -0.669. The Bertz CT molecular complexity index is 821. The van der Waals surface area contributed by atoms with E-state index in [0.29, 0.717) is 12.8 Å². The largest absolute Gasteiger partial charge is 0.493 e. The van der Waals surface area contributed by atoms with E-state index in [0.717, 1.165) is 18.2 Å². The second kappa shape index (κ2) is 9.61. The van der Waals surface area contributed by atoms with Crippen molar-refractivity contribution in [3.05, 3.63) is 29.8 Å². The number of hydrogen-bond acceptors (Lipinski definition) is 2. The van der Waals surface area contributed by atoms with Gasteiger partial charge in [0.05, 0.1) is 18.6 Å². The molecule has 0 saturated heterocycles. The monoisotopic (exact) mass is 526 g/mol. The fourth-order valence-corrected chi connectivity index (χ4v) is 2.72. The molecule has 0 heterocycles. The smallest absolute Gasteiger partial charge is 0.460 e. The van der Waals surface area contributed by atoms with Crippen LogP contribution in [0.1, 0.15) is 38.4 Å². The summed E-state index contributed by atoms with van der Waals surface area (Å²) in [5.74, 6) is -41.3. The molecule has 0 aromatic heterocycles. The zero-order chi connectivity index (χ0) is 27.0. The average molecular weight is 526 g/mol. The third-order valence-corrected chi connectivity index (χ3v) is 5.00. The fraction of sp³-hybridized carbons (Fsp3) is 0.684. The molecule has 2 atom stereocenters. The molecule has 0 fully saturated rings. The van der Waals surface area contributed by atoms with Crippen molar-refractivity contribution in [2.75, 3.05) is 6.61 Å². The van der Waals surface area contributed by atoms with Crippen molar-refractivity contribution < 1.29 is 66.9 Å². The van der Waals surface area contributed by atoms with Crippen LogP contribution in [0.25, 0.3) is 0 Å². The highest BCUT2D eigenvalue weighted by Gasteiger charge is 2.91. The molecule has 0 aliphatic carbocycles. The number of alkyl halides is 13. The molecule has 198 valence electrons. The van der Waals surface area contributed by atoms with Gasteiger partial charge >= 0.3 is 35.8 Å². The maximum Gasteiger partial charge on any atom is 0.460 e. The van der Waals surface area contributed by atoms with Crippen molar-refractivity contribution in [1.29, 1.82) is 0 Å². The predicted octanol–water partition coefficient (Wildman–Crippen LogP) is 7.27. The molecule has 1 rings (SSSR count). The summed E-state index contributed by atoms with van der Waals surface area (Å²) in [7, 11) is 0. The summed E-state index contributed by atoms with van der Waals surface area (Å²) in [6.45, 7) is 1.67. The highest BCUT2D eigenvalue weighted by molar-refractivity contribution is 5.36. The molecule has 0 aliphatic heterocycles. The summed E-state index contributed by atoms with van der Waals surface area (Å²) in [6, 6.07) is 4.26. The topological polar surface area (TPSA) is 29.5 Å². The van der Waals surface area contributed by atoms with Gasteiger partial charge in [-0.3, -0.25) is 0 Å². The minimum Gasteiger partial charge on any atom is -0.493 e. The highest BCUT2D eigenvalue weighted by Crippen LogP contribution is 2.62. The van der Waals surface area contributed by atoms with Crippen molar-refractivity contribution in [2.45, 2.75) is 68.6 Å². The Labute approximate surface area is 184 Å². The fourth-order valence-electron chi connectivity index (χ4n) is 2.72. The van der Waals surface area contributed by atoms with E-state index in [-0.39, 0.29) is 19.3 Å². The first-order valence-electron chi connectivity index (χ1n) is 9.48. The Hall–Kier alpha value is -1.93. The number of aliphatic hydroxyl groups excluding tert-OH is 1. The van der Waals surface area contributed by atoms with E-state index < -0.39 is 53.4 Å². The van der Waals surface area contributed by atoms with Gasteiger partial charge in [-0.25, -0.2) is 0 Å². The van der Waals surface area contributed by atoms with Gasteiger partial charge in [-0.2, -0.15) is 57.1 Å². The normalized spacial score (nSPS) is 16.4. The van der Waals surface area contributed by atoms with Crippen LogP contribution in [0.3, 0.4) is 0 Å². The number of hydrogen-bond donors (Lipinski definition) is 1. The molecule has 0 aliphatic rings. The number of unbranched alkanes of at least 4 members (excludes halogenated alkanes) is 1. The van der Waals surface area contributed by atoms with Crippen LogP contribution >= 0.6 is 0 Å². The van der Waals surface area contributed by atoms with Crippen molar-refractivity contribution in [3.63, 3.8) is 0 Å². The second-order valence-corrected chi connectivity index (χ2v) is 7.39. The molecule has 0 radical (unpaired) electrons. The van der Waals surface area contributed by atoms with Gasteiger partial charge in [-0.15, -0.1) is 0 Å². The van der Waals surface area contributed by atoms with Crippen molar-refractivity contribution in [1.82, 2.24) is 0 Å². The molecule has 0 spiro atoms. The molecule has 2 nitrogen and oxygen atoms in total. The van der Waals surface area contributed by atoms with Gasteiger partial charge < -0.3 is 9.84 Å². The molecule has 2 unspecified atom stereocenters. The van der Waals surface area contributed by atoms with Crippen molar-refractivity contribution >= 4 is 0 Å². The molecule has 1 aromatic rings. The van der Waals surface area contributed by atoms with Crippen LogP contribution in [0.5, 0.6) is 5.75 Å². The number of para-hydroxylation sites is 1. The van der Waals surface area contributed by atoms with Gasteiger partial charge in [0.25, 0.3) is 0 Å². The van der Waals surface area contributed by atoms with Crippen LogP contribution in [0.15, 0.2) is 24.3 Å². The highest BCUT2D eigenvalue weighted by atomic mass is 19.4. The quantitative estimate of drug-likeness (QED) is 0.243. The maximum atomic E-state index is 14.4. The molecule has 0 saturated carbocycles. The Balaban J connectivity index is 3.44. The first-order valence-corrected chi connectivity index (χ1v) is 9.48. The first kappa shape index (κ1) is 30.1. The van der Waals surface area contributed by atoms with Gasteiger partial charge in [0.15, 0.2) is 0 Å². The van der Waals surface area contributed by atoms with E-state index in [1.54, 1.807) is 6.92 Å². The van der Waals surface area contributed by atoms with Crippen LogP contribution < -0.4 is 4.74 Å². The van der Waals surface area contributed by atoms with E-state index in [2.05, 4.69) is 0 Å². The number of aliphatic hydroxyl groups is 1. The molecular weight excluding hydrogens is 507 g/mol. The van der Waals surface area contributed by atoms with Gasteiger partial charge in [0, 0.05) is 5.56 Å². The summed E-state index contributed by atoms with van der Waals surface area (Å²) in [6.07, 6.45) is -9.31. The third kappa shape index (κ3) is 4.76. The average Bonchev–Trinajstić information content (AvgIpc) is 2.71. The van der Waals surface area contributed by atoms with Crippen LogP contribution in [0.4, 0.5) is 57.1 Å². The summed E-state index contributed by atoms with van der Waals surface area (Å²) in [5, 5.41) is 10.1. The van der Waals surface area contributed by atoms with E-state index in [1.165, 1.54) is 6.07 Å². The standard InChI is InChI=1S/C19H19F13O2/c1-3-4-9-34-12-8-6-5-7-11(12)13(33)10(2)14(20,21)15(22,23)16(24,25)17(26,27)18(28,29)19(30,31)32/h5-8,10,13,33H,3-4,9H2,1-2H3. The van der Waals surface area contributed by atoms with E-state index in [9.17, 15) is 62.2 Å². The van der Waals surface area contributed by atoms with Gasteiger partial charge in [-0.05, 0) is 12.5 Å². The molecule has 34 heavy (non-hydrogen) atoms. The van der Waals surface area contributed by atoms with Crippen LogP contribution in [-0.4, -0.2) is 47.5 Å². The molecule has 15 heteroatoms. The third-order valence-electron chi connectivity index (χ3n) is 5.00. The van der Waals surface area contributed by atoms with Crippen LogP contribution in [-0.2, 0) is 0 Å². The number of halogens is 13. The lowest BCUT2D eigenvalue weighted by Gasteiger charge is -2.42. The van der Waals surface area contributed by atoms with Gasteiger partial charge in [0.1, 0.15) is 5.75 Å². The molecule has 1 aromatic carbocycles. The Kier molecular flexibility index (Phi) is 8.51. The second-order valence-electron chi connectivity index (χ2n) is 7.39. The van der Waals surface area contributed by atoms with Gasteiger partial charge in [0.2, 0.25) is 0 Å². The van der Waals surface area contributed by atoms with E-state index >= 15 is 0 Å². The summed E-state index contributed by atoms with van der Waals surface area (Å²) < 4.78 is 179. The van der Waals surface area contributed by atoms with Crippen LogP contribution in [0, 0.1) is 5.92 Å². The molecular formula is C19H19F13O2. The minimum absolute atomic E-state index is 0.00246. The lowest BCUT2D eigenvalue weighted by atomic mass is 9.83. The maximum absolute atomic E-state index is 14.4. The lowest BCUT2D eigenvalue weighted by Crippen LogP contribution is -2.71. The van der Waals surface area contributed by atoms with Crippen molar-refractivity contribution in [2.24, 2.45) is 5.92 Å². The molecule has 1 N–H and O–H groups in total. The van der Waals surface area contributed by atoms with Crippen LogP contribution in [0.2, 0.25) is 0 Å². The van der Waals surface area contributed by atoms with Crippen molar-refractivity contribution in [3.8, 4) is 5.75 Å². The Morgan fingerprint density at radius 2 is 1.24 bits per heavy atom. The zero-order valence-electron chi connectivity index (χ0n) is 17.4. The summed E-state index contributed by atoms with van der Waals surface area (Å²) >= 11 is 0. The number of benzene rings is 1. The zero-order valence-corrected chi connectivity index (χ0v) is 17.4. The summed E-state index contributed by atoms with van der Waals surface area (Å²) in [4.78, 5) is 0. The number of rotatable bonds is 11. The molecule has 0 bridgehead atoms. The lowest BCUT2D eigenvalue weighted by molar-refractivity contribution is -0.444. The van der Waals surface area contributed by atoms with E-state index in [4.69, 9.17) is 4.74 Å². The SMILES string of the molecule is CCCCOc1ccccc1C(O)C(C)C(F)(F)C(F)(F)C(F)(F)C(F)(F)C(F)(F)C(F)(F)F. The minimum atomic E-state index is -7.99. The predicted molar refractivity (Wildman–Crippen MR) is 91.8 cm³/mol. The Morgan fingerprint density at radius 3 is 1.71 bits per heavy atom.